The van der Waals surface area contributed by atoms with Crippen LogP contribution >= 0.6 is 15.9 Å². The minimum Gasteiger partial charge on any atom is -0.322 e. The van der Waals surface area contributed by atoms with Crippen molar-refractivity contribution in [2.75, 3.05) is 0 Å². The van der Waals surface area contributed by atoms with Gasteiger partial charge in [0.1, 0.15) is 0 Å². The van der Waals surface area contributed by atoms with Crippen molar-refractivity contribution in [3.63, 3.8) is 0 Å². The Labute approximate surface area is 115 Å². The Morgan fingerprint density at radius 2 is 2.00 bits per heavy atom. The van der Waals surface area contributed by atoms with Gasteiger partial charge in [-0.2, -0.15) is 5.10 Å². The van der Waals surface area contributed by atoms with Gasteiger partial charge in [-0.1, -0.05) is 0 Å². The van der Waals surface area contributed by atoms with E-state index in [4.69, 9.17) is 5.73 Å². The predicted molar refractivity (Wildman–Crippen MR) is 75.2 cm³/mol. The molecule has 0 spiro atoms. The van der Waals surface area contributed by atoms with Gasteiger partial charge in [0.25, 0.3) is 0 Å². The van der Waals surface area contributed by atoms with E-state index in [2.05, 4.69) is 39.9 Å². The maximum atomic E-state index is 6.30. The predicted octanol–water partition coefficient (Wildman–Crippen LogP) is 2.86. The van der Waals surface area contributed by atoms with E-state index in [9.17, 15) is 0 Å². The third-order valence-electron chi connectivity index (χ3n) is 2.83. The maximum absolute atomic E-state index is 6.30. The molecule has 0 radical (unpaired) electrons. The zero-order valence-electron chi connectivity index (χ0n) is 10.5. The zero-order chi connectivity index (χ0) is 13.1. The van der Waals surface area contributed by atoms with Gasteiger partial charge in [0.05, 0.1) is 22.4 Å². The smallest absolute Gasteiger partial charge is 0.0699 e. The number of aromatic nitrogens is 3. The standard InChI is InChI=1S/C13H17BrN4/c1-9(2)18-13(11(14)8-17-18)12(15)7-10-3-5-16-6-4-10/h3-6,8-9,12H,7,15H2,1-2H3. The molecule has 0 fully saturated rings. The molecule has 18 heavy (non-hydrogen) atoms. The summed E-state index contributed by atoms with van der Waals surface area (Å²) >= 11 is 3.52. The summed E-state index contributed by atoms with van der Waals surface area (Å²) in [6.45, 7) is 4.20. The van der Waals surface area contributed by atoms with Crippen molar-refractivity contribution >= 4 is 15.9 Å². The van der Waals surface area contributed by atoms with Crippen LogP contribution in [0.4, 0.5) is 0 Å². The first-order valence-corrected chi connectivity index (χ1v) is 6.76. The molecule has 0 bridgehead atoms. The summed E-state index contributed by atoms with van der Waals surface area (Å²) < 4.78 is 2.94. The minimum atomic E-state index is -0.0772. The van der Waals surface area contributed by atoms with Crippen molar-refractivity contribution in [3.05, 3.63) is 46.5 Å². The summed E-state index contributed by atoms with van der Waals surface area (Å²) in [5.74, 6) is 0. The zero-order valence-corrected chi connectivity index (χ0v) is 12.1. The van der Waals surface area contributed by atoms with Crippen LogP contribution in [0.15, 0.2) is 35.2 Å². The highest BCUT2D eigenvalue weighted by atomic mass is 79.9. The molecule has 4 nitrogen and oxygen atoms in total. The fourth-order valence-corrected chi connectivity index (χ4v) is 2.55. The Bertz CT molecular complexity index is 507. The monoisotopic (exact) mass is 308 g/mol. The first-order chi connectivity index (χ1) is 8.59. The van der Waals surface area contributed by atoms with E-state index >= 15 is 0 Å². The van der Waals surface area contributed by atoms with Crippen LogP contribution < -0.4 is 5.73 Å². The molecule has 2 aromatic heterocycles. The average Bonchev–Trinajstić information content (AvgIpc) is 2.72. The second-order valence-electron chi connectivity index (χ2n) is 4.58. The van der Waals surface area contributed by atoms with Crippen LogP contribution in [0, 0.1) is 0 Å². The van der Waals surface area contributed by atoms with Gasteiger partial charge < -0.3 is 5.73 Å². The van der Waals surface area contributed by atoms with Crippen molar-refractivity contribution in [1.82, 2.24) is 14.8 Å². The van der Waals surface area contributed by atoms with E-state index < -0.39 is 0 Å². The van der Waals surface area contributed by atoms with Crippen molar-refractivity contribution in [2.24, 2.45) is 5.73 Å². The topological polar surface area (TPSA) is 56.7 Å². The Morgan fingerprint density at radius 1 is 1.33 bits per heavy atom. The van der Waals surface area contributed by atoms with Gasteiger partial charge >= 0.3 is 0 Å². The first kappa shape index (κ1) is 13.2. The van der Waals surface area contributed by atoms with E-state index in [1.807, 2.05) is 23.0 Å². The number of rotatable bonds is 4. The lowest BCUT2D eigenvalue weighted by Crippen LogP contribution is -2.20. The van der Waals surface area contributed by atoms with E-state index in [0.717, 1.165) is 16.6 Å². The summed E-state index contributed by atoms with van der Waals surface area (Å²) in [5, 5.41) is 4.36. The summed E-state index contributed by atoms with van der Waals surface area (Å²) in [7, 11) is 0. The number of hydrogen-bond acceptors (Lipinski definition) is 3. The lowest BCUT2D eigenvalue weighted by Gasteiger charge is -2.17. The molecule has 1 unspecified atom stereocenters. The molecule has 0 saturated carbocycles. The molecule has 0 amide bonds. The molecule has 5 heteroatoms. The van der Waals surface area contributed by atoms with Crippen LogP contribution in [0.3, 0.4) is 0 Å². The molecule has 96 valence electrons. The van der Waals surface area contributed by atoms with E-state index in [-0.39, 0.29) is 6.04 Å². The highest BCUT2D eigenvalue weighted by Gasteiger charge is 2.18. The molecule has 0 aromatic carbocycles. The minimum absolute atomic E-state index is 0.0772. The third kappa shape index (κ3) is 2.79. The number of hydrogen-bond donors (Lipinski definition) is 1. The Hall–Kier alpha value is -1.20. The van der Waals surface area contributed by atoms with E-state index in [1.54, 1.807) is 12.4 Å². The molecule has 2 heterocycles. The van der Waals surface area contributed by atoms with Gasteiger partial charge in [-0.3, -0.25) is 9.67 Å². The summed E-state index contributed by atoms with van der Waals surface area (Å²) in [5.41, 5.74) is 8.52. The normalized spacial score (nSPS) is 12.9. The van der Waals surface area contributed by atoms with Crippen LogP contribution in [0.5, 0.6) is 0 Å². The van der Waals surface area contributed by atoms with Crippen LogP contribution in [0.25, 0.3) is 0 Å². The summed E-state index contributed by atoms with van der Waals surface area (Å²) in [6.07, 6.45) is 6.16. The van der Waals surface area contributed by atoms with Gasteiger partial charge in [-0.25, -0.2) is 0 Å². The summed E-state index contributed by atoms with van der Waals surface area (Å²) in [4.78, 5) is 4.01. The summed E-state index contributed by atoms with van der Waals surface area (Å²) in [6, 6.07) is 4.20. The van der Waals surface area contributed by atoms with Gasteiger partial charge in [-0.05, 0) is 53.9 Å². The largest absolute Gasteiger partial charge is 0.322 e. The van der Waals surface area contributed by atoms with Gasteiger partial charge in [0.15, 0.2) is 0 Å². The second kappa shape index (κ2) is 5.63. The van der Waals surface area contributed by atoms with Crippen molar-refractivity contribution in [3.8, 4) is 0 Å². The first-order valence-electron chi connectivity index (χ1n) is 5.97. The lowest BCUT2D eigenvalue weighted by atomic mass is 10.1. The lowest BCUT2D eigenvalue weighted by molar-refractivity contribution is 0.484. The number of halogens is 1. The van der Waals surface area contributed by atoms with Crippen molar-refractivity contribution in [2.45, 2.75) is 32.4 Å². The fraction of sp³-hybridized carbons (Fsp3) is 0.385. The van der Waals surface area contributed by atoms with Gasteiger partial charge in [-0.15, -0.1) is 0 Å². The average molecular weight is 309 g/mol. The number of nitrogens with two attached hydrogens (primary N) is 1. The van der Waals surface area contributed by atoms with Crippen LogP contribution in [0.2, 0.25) is 0 Å². The van der Waals surface area contributed by atoms with Crippen molar-refractivity contribution in [1.29, 1.82) is 0 Å². The molecule has 0 aliphatic carbocycles. The number of nitrogens with zero attached hydrogens (tertiary/aromatic N) is 3. The number of pyridine rings is 1. The molecule has 0 saturated heterocycles. The SMILES string of the molecule is CC(C)n1ncc(Br)c1C(N)Cc1ccncc1. The van der Waals surface area contributed by atoms with Gasteiger partial charge in [0, 0.05) is 18.4 Å². The Balaban J connectivity index is 2.23. The van der Waals surface area contributed by atoms with Gasteiger partial charge in [0.2, 0.25) is 0 Å². The molecular formula is C13H17BrN4. The second-order valence-corrected chi connectivity index (χ2v) is 5.44. The van der Waals surface area contributed by atoms with Crippen LogP contribution in [-0.4, -0.2) is 14.8 Å². The van der Waals surface area contributed by atoms with E-state index in [1.165, 1.54) is 5.56 Å². The quantitative estimate of drug-likeness (QED) is 0.945. The Morgan fingerprint density at radius 3 is 2.61 bits per heavy atom. The van der Waals surface area contributed by atoms with Crippen LogP contribution in [0.1, 0.15) is 37.2 Å². The molecule has 1 atom stereocenters. The molecule has 0 aliphatic heterocycles. The molecule has 0 aliphatic rings. The molecule has 2 N–H and O–H groups in total. The molecule has 2 rings (SSSR count). The maximum Gasteiger partial charge on any atom is 0.0699 e. The highest BCUT2D eigenvalue weighted by Crippen LogP contribution is 2.26. The van der Waals surface area contributed by atoms with E-state index in [0.29, 0.717) is 6.04 Å². The van der Waals surface area contributed by atoms with Crippen molar-refractivity contribution < 1.29 is 0 Å². The Kier molecular flexibility index (Phi) is 4.14. The van der Waals surface area contributed by atoms with Crippen LogP contribution in [-0.2, 0) is 6.42 Å². The highest BCUT2D eigenvalue weighted by molar-refractivity contribution is 9.10. The third-order valence-corrected chi connectivity index (χ3v) is 3.44. The fourth-order valence-electron chi connectivity index (χ4n) is 1.98. The molecular weight excluding hydrogens is 292 g/mol. The molecule has 2 aromatic rings.